The first kappa shape index (κ1) is 12.0. The van der Waals surface area contributed by atoms with Crippen LogP contribution in [0.15, 0.2) is 0 Å². The van der Waals surface area contributed by atoms with E-state index in [0.717, 1.165) is 12.2 Å². The lowest BCUT2D eigenvalue weighted by atomic mass is 9.94. The highest BCUT2D eigenvalue weighted by Gasteiger charge is 2.15. The molecule has 0 bridgehead atoms. The molecule has 1 unspecified atom stereocenters. The molecule has 0 fully saturated rings. The van der Waals surface area contributed by atoms with E-state index in [2.05, 4.69) is 26.6 Å². The number of hydrogen-bond donors (Lipinski definition) is 0. The predicted molar refractivity (Wildman–Crippen MR) is 59.3 cm³/mol. The van der Waals surface area contributed by atoms with E-state index >= 15 is 0 Å². The van der Waals surface area contributed by atoms with Crippen molar-refractivity contribution in [2.45, 2.75) is 46.3 Å². The van der Waals surface area contributed by atoms with Crippen LogP contribution in [-0.2, 0) is 9.52 Å². The van der Waals surface area contributed by atoms with Crippen molar-refractivity contribution < 1.29 is 4.21 Å². The molecule has 0 rings (SSSR count). The lowest BCUT2D eigenvalue weighted by Gasteiger charge is -2.21. The van der Waals surface area contributed by atoms with Gasteiger partial charge in [0.1, 0.15) is 0 Å². The predicted octanol–water partition coefficient (Wildman–Crippen LogP) is 2.55. The first-order valence-electron chi connectivity index (χ1n) is 4.49. The Bertz CT molecular complexity index is 217. The zero-order chi connectivity index (χ0) is 9.99. The van der Waals surface area contributed by atoms with Gasteiger partial charge in [-0.1, -0.05) is 34.6 Å². The quantitative estimate of drug-likeness (QED) is 0.625. The van der Waals surface area contributed by atoms with Crippen LogP contribution < -0.4 is 0 Å². The van der Waals surface area contributed by atoms with Crippen LogP contribution in [0.1, 0.15) is 41.0 Å². The Hall–Kier alpha value is 0.0200. The molecule has 0 aliphatic rings. The summed E-state index contributed by atoms with van der Waals surface area (Å²) in [5.41, 5.74) is 0.273. The first-order chi connectivity index (χ1) is 5.15. The number of hydrogen-bond acceptors (Lipinski definition) is 1. The molecule has 74 valence electrons. The van der Waals surface area contributed by atoms with E-state index in [1.165, 1.54) is 0 Å². The molecule has 0 aromatic carbocycles. The SMILES string of the molecule is C=S(=O)(CCC(C)(C)C)C(C)C. The Morgan fingerprint density at radius 2 is 1.75 bits per heavy atom. The summed E-state index contributed by atoms with van der Waals surface area (Å²) in [4.78, 5) is 0. The van der Waals surface area contributed by atoms with E-state index in [4.69, 9.17) is 0 Å². The van der Waals surface area contributed by atoms with Crippen LogP contribution in [0.5, 0.6) is 0 Å². The molecule has 1 atom stereocenters. The second-order valence-corrected chi connectivity index (χ2v) is 8.02. The minimum atomic E-state index is -1.83. The minimum absolute atomic E-state index is 0.208. The fraction of sp³-hybridized carbons (Fsp3) is 0.900. The maximum atomic E-state index is 11.8. The monoisotopic (exact) mass is 190 g/mol. The summed E-state index contributed by atoms with van der Waals surface area (Å²) in [7, 11) is -1.83. The van der Waals surface area contributed by atoms with E-state index in [-0.39, 0.29) is 10.7 Å². The summed E-state index contributed by atoms with van der Waals surface area (Å²) in [5, 5.41) is 0.208. The van der Waals surface area contributed by atoms with Crippen LogP contribution in [0, 0.1) is 5.41 Å². The molecule has 0 radical (unpaired) electrons. The number of rotatable bonds is 3. The van der Waals surface area contributed by atoms with Gasteiger partial charge in [0.15, 0.2) is 0 Å². The fourth-order valence-electron chi connectivity index (χ4n) is 0.715. The third kappa shape index (κ3) is 4.81. The van der Waals surface area contributed by atoms with E-state index in [1.807, 2.05) is 13.8 Å². The third-order valence-corrected chi connectivity index (χ3v) is 4.67. The van der Waals surface area contributed by atoms with Gasteiger partial charge in [0.2, 0.25) is 0 Å². The second-order valence-electron chi connectivity index (χ2n) is 4.93. The Labute approximate surface area is 77.6 Å². The molecule has 2 heteroatoms. The molecule has 0 amide bonds. The van der Waals surface area contributed by atoms with Crippen molar-refractivity contribution in [1.82, 2.24) is 0 Å². The van der Waals surface area contributed by atoms with E-state index < -0.39 is 9.52 Å². The normalized spacial score (nSPS) is 17.8. The van der Waals surface area contributed by atoms with Gasteiger partial charge < -0.3 is 0 Å². The smallest absolute Gasteiger partial charge is 0.0215 e. The highest BCUT2D eigenvalue weighted by molar-refractivity contribution is 8.00. The molecule has 1 nitrogen and oxygen atoms in total. The lowest BCUT2D eigenvalue weighted by Crippen LogP contribution is -2.21. The van der Waals surface area contributed by atoms with Crippen molar-refractivity contribution in [2.75, 3.05) is 5.75 Å². The maximum Gasteiger partial charge on any atom is 0.0215 e. The second kappa shape index (κ2) is 3.82. The van der Waals surface area contributed by atoms with Crippen LogP contribution in [0.25, 0.3) is 0 Å². The summed E-state index contributed by atoms with van der Waals surface area (Å²) < 4.78 is 11.8. The average molecular weight is 190 g/mol. The van der Waals surface area contributed by atoms with Crippen LogP contribution >= 0.6 is 0 Å². The first-order valence-corrected chi connectivity index (χ1v) is 6.45. The van der Waals surface area contributed by atoms with Gasteiger partial charge in [-0.2, -0.15) is 0 Å². The Morgan fingerprint density at radius 1 is 1.33 bits per heavy atom. The molecule has 0 aliphatic heterocycles. The standard InChI is InChI=1S/C10H22OS/c1-9(2)12(6,11)8-7-10(3,4)5/h9H,6-8H2,1-5H3. The van der Waals surface area contributed by atoms with Gasteiger partial charge in [-0.25, -0.2) is 0 Å². The molecular weight excluding hydrogens is 168 g/mol. The Morgan fingerprint density at radius 3 is 2.00 bits per heavy atom. The third-order valence-electron chi connectivity index (χ3n) is 2.06. The van der Waals surface area contributed by atoms with Crippen LogP contribution in [0.3, 0.4) is 0 Å². The average Bonchev–Trinajstić information content (AvgIpc) is 1.82. The van der Waals surface area contributed by atoms with Crippen LogP contribution in [-0.4, -0.2) is 21.1 Å². The Kier molecular flexibility index (Phi) is 3.83. The van der Waals surface area contributed by atoms with Gasteiger partial charge >= 0.3 is 0 Å². The molecule has 0 aromatic rings. The van der Waals surface area contributed by atoms with E-state index in [0.29, 0.717) is 0 Å². The molecular formula is C10H22OS. The summed E-state index contributed by atoms with van der Waals surface area (Å²) >= 11 is 0. The molecule has 0 saturated heterocycles. The van der Waals surface area contributed by atoms with Crippen molar-refractivity contribution in [2.24, 2.45) is 5.41 Å². The van der Waals surface area contributed by atoms with Crippen LogP contribution in [0.4, 0.5) is 0 Å². The Balaban J connectivity index is 4.12. The fourth-order valence-corrected chi connectivity index (χ4v) is 2.14. The van der Waals surface area contributed by atoms with Crippen molar-refractivity contribution >= 4 is 15.4 Å². The van der Waals surface area contributed by atoms with Crippen molar-refractivity contribution in [3.8, 4) is 0 Å². The lowest BCUT2D eigenvalue weighted by molar-refractivity contribution is 0.399. The zero-order valence-corrected chi connectivity index (χ0v) is 9.83. The largest absolute Gasteiger partial charge is 0.268 e. The van der Waals surface area contributed by atoms with E-state index in [9.17, 15) is 4.21 Å². The van der Waals surface area contributed by atoms with Gasteiger partial charge in [-0.15, -0.1) is 0 Å². The molecule has 12 heavy (non-hydrogen) atoms. The topological polar surface area (TPSA) is 17.1 Å². The molecule has 0 aliphatic carbocycles. The minimum Gasteiger partial charge on any atom is -0.268 e. The van der Waals surface area contributed by atoms with Crippen LogP contribution in [0.2, 0.25) is 0 Å². The van der Waals surface area contributed by atoms with Crippen molar-refractivity contribution in [3.63, 3.8) is 0 Å². The highest BCUT2D eigenvalue weighted by atomic mass is 32.2. The summed E-state index contributed by atoms with van der Waals surface area (Å²) in [5.74, 6) is 4.56. The van der Waals surface area contributed by atoms with Gasteiger partial charge in [-0.05, 0) is 27.2 Å². The summed E-state index contributed by atoms with van der Waals surface area (Å²) in [6.07, 6.45) is 0.994. The van der Waals surface area contributed by atoms with Gasteiger partial charge in [-0.3, -0.25) is 4.21 Å². The molecule has 0 spiro atoms. The van der Waals surface area contributed by atoms with E-state index in [1.54, 1.807) is 0 Å². The molecule has 0 aromatic heterocycles. The van der Waals surface area contributed by atoms with Crippen molar-refractivity contribution in [3.05, 3.63) is 0 Å². The van der Waals surface area contributed by atoms with Gasteiger partial charge in [0.05, 0.1) is 0 Å². The zero-order valence-electron chi connectivity index (χ0n) is 9.02. The summed E-state index contributed by atoms with van der Waals surface area (Å²) in [6.45, 7) is 10.5. The van der Waals surface area contributed by atoms with Crippen molar-refractivity contribution in [1.29, 1.82) is 0 Å². The van der Waals surface area contributed by atoms with Gasteiger partial charge in [0.25, 0.3) is 0 Å². The molecule has 0 saturated carbocycles. The summed E-state index contributed by atoms with van der Waals surface area (Å²) in [6, 6.07) is 0. The molecule has 0 heterocycles. The highest BCUT2D eigenvalue weighted by Crippen LogP contribution is 2.20. The molecule has 0 N–H and O–H groups in total. The maximum absolute atomic E-state index is 11.8. The van der Waals surface area contributed by atoms with Gasteiger partial charge in [0, 0.05) is 11.0 Å².